The van der Waals surface area contributed by atoms with E-state index in [9.17, 15) is 9.59 Å². The normalized spacial score (nSPS) is 11.7. The summed E-state index contributed by atoms with van der Waals surface area (Å²) >= 11 is 1.27. The molecule has 4 aromatic rings. The van der Waals surface area contributed by atoms with Crippen molar-refractivity contribution in [3.63, 3.8) is 0 Å². The van der Waals surface area contributed by atoms with E-state index in [4.69, 9.17) is 9.47 Å². The lowest BCUT2D eigenvalue weighted by Crippen LogP contribution is -2.23. The Balaban J connectivity index is 1.60. The Morgan fingerprint density at radius 1 is 1.10 bits per heavy atom. The summed E-state index contributed by atoms with van der Waals surface area (Å²) in [5, 5.41) is 4.37. The molecule has 0 bridgehead atoms. The van der Waals surface area contributed by atoms with Crippen LogP contribution in [0.5, 0.6) is 11.5 Å². The van der Waals surface area contributed by atoms with E-state index in [1.54, 1.807) is 30.3 Å². The SMILES string of the molecule is CCCOc1ccc(-c2nc3sc(=Cc4ccc(OC(C)=O)cc4)c(=O)n3n2)cc1. The van der Waals surface area contributed by atoms with Crippen LogP contribution in [0, 0.1) is 0 Å². The van der Waals surface area contributed by atoms with Gasteiger partial charge in [-0.2, -0.15) is 9.50 Å². The summed E-state index contributed by atoms with van der Waals surface area (Å²) in [6, 6.07) is 14.4. The number of nitrogens with zero attached hydrogens (tertiary/aromatic N) is 3. The Morgan fingerprint density at radius 2 is 1.80 bits per heavy atom. The number of carbonyl (C=O) groups is 1. The third kappa shape index (κ3) is 4.23. The van der Waals surface area contributed by atoms with Crippen molar-refractivity contribution in [3.8, 4) is 22.9 Å². The maximum absolute atomic E-state index is 12.7. The quantitative estimate of drug-likeness (QED) is 0.351. The van der Waals surface area contributed by atoms with Crippen molar-refractivity contribution in [1.29, 1.82) is 0 Å². The summed E-state index contributed by atoms with van der Waals surface area (Å²) in [7, 11) is 0. The Bertz CT molecular complexity index is 1290. The Labute approximate surface area is 176 Å². The van der Waals surface area contributed by atoms with Crippen molar-refractivity contribution in [2.24, 2.45) is 0 Å². The summed E-state index contributed by atoms with van der Waals surface area (Å²) in [6.45, 7) is 4.07. The molecular formula is C22H19N3O4S. The standard InChI is InChI=1S/C22H19N3O4S/c1-3-12-28-17-10-6-16(7-11-17)20-23-22-25(24-20)21(27)19(30-22)13-15-4-8-18(9-5-15)29-14(2)26/h4-11,13H,3,12H2,1-2H3. The van der Waals surface area contributed by atoms with Gasteiger partial charge in [0.05, 0.1) is 11.1 Å². The minimum Gasteiger partial charge on any atom is -0.494 e. The molecule has 4 rings (SSSR count). The molecule has 0 saturated heterocycles. The Kier molecular flexibility index (Phi) is 5.58. The van der Waals surface area contributed by atoms with Crippen molar-refractivity contribution < 1.29 is 14.3 Å². The number of thiazole rings is 1. The zero-order valence-corrected chi connectivity index (χ0v) is 17.3. The number of fused-ring (bicyclic) bond motifs is 1. The molecule has 8 heteroatoms. The van der Waals surface area contributed by atoms with Crippen LogP contribution in [0.15, 0.2) is 53.3 Å². The van der Waals surface area contributed by atoms with Crippen molar-refractivity contribution in [1.82, 2.24) is 14.6 Å². The Hall–Kier alpha value is -3.52. The molecule has 30 heavy (non-hydrogen) atoms. The van der Waals surface area contributed by atoms with E-state index in [-0.39, 0.29) is 11.5 Å². The zero-order valence-electron chi connectivity index (χ0n) is 16.5. The summed E-state index contributed by atoms with van der Waals surface area (Å²) < 4.78 is 12.4. The smallest absolute Gasteiger partial charge is 0.308 e. The third-order valence-corrected chi connectivity index (χ3v) is 5.17. The lowest BCUT2D eigenvalue weighted by molar-refractivity contribution is -0.131. The molecule has 2 aromatic heterocycles. The average Bonchev–Trinajstić information content (AvgIpc) is 3.27. The molecule has 0 saturated carbocycles. The minimum atomic E-state index is -0.377. The van der Waals surface area contributed by atoms with E-state index < -0.39 is 0 Å². The molecule has 0 radical (unpaired) electrons. The number of rotatable bonds is 6. The summed E-state index contributed by atoms with van der Waals surface area (Å²) in [5.41, 5.74) is 1.41. The van der Waals surface area contributed by atoms with Crippen LogP contribution >= 0.6 is 11.3 Å². The molecule has 2 heterocycles. The first-order valence-electron chi connectivity index (χ1n) is 9.46. The zero-order chi connectivity index (χ0) is 21.1. The van der Waals surface area contributed by atoms with Crippen LogP contribution in [0.3, 0.4) is 0 Å². The fourth-order valence-corrected chi connectivity index (χ4v) is 3.73. The molecule has 0 N–H and O–H groups in total. The van der Waals surface area contributed by atoms with Crippen LogP contribution in [-0.2, 0) is 4.79 Å². The highest BCUT2D eigenvalue weighted by Crippen LogP contribution is 2.20. The predicted octanol–water partition coefficient (Wildman–Crippen LogP) is 3.08. The summed E-state index contributed by atoms with van der Waals surface area (Å²) in [5.74, 6) is 1.37. The van der Waals surface area contributed by atoms with Crippen LogP contribution in [0.1, 0.15) is 25.8 Å². The van der Waals surface area contributed by atoms with Gasteiger partial charge in [-0.3, -0.25) is 9.59 Å². The maximum Gasteiger partial charge on any atom is 0.308 e. The summed E-state index contributed by atoms with van der Waals surface area (Å²) in [4.78, 5) is 28.7. The second-order valence-corrected chi connectivity index (χ2v) is 7.59. The highest BCUT2D eigenvalue weighted by molar-refractivity contribution is 7.15. The van der Waals surface area contributed by atoms with Gasteiger partial charge in [0.1, 0.15) is 11.5 Å². The largest absolute Gasteiger partial charge is 0.494 e. The number of aromatic nitrogens is 3. The van der Waals surface area contributed by atoms with Gasteiger partial charge in [-0.25, -0.2) is 0 Å². The second kappa shape index (κ2) is 8.46. The van der Waals surface area contributed by atoms with Gasteiger partial charge in [-0.1, -0.05) is 30.4 Å². The molecule has 152 valence electrons. The van der Waals surface area contributed by atoms with Gasteiger partial charge >= 0.3 is 5.97 Å². The van der Waals surface area contributed by atoms with Crippen molar-refractivity contribution in [3.05, 3.63) is 69.0 Å². The molecule has 0 unspecified atom stereocenters. The van der Waals surface area contributed by atoms with Gasteiger partial charge in [-0.05, 0) is 54.5 Å². The van der Waals surface area contributed by atoms with Gasteiger partial charge in [0.25, 0.3) is 5.56 Å². The van der Waals surface area contributed by atoms with E-state index in [1.165, 1.54) is 22.8 Å². The topological polar surface area (TPSA) is 82.8 Å². The number of ether oxygens (including phenoxy) is 2. The lowest BCUT2D eigenvalue weighted by Gasteiger charge is -2.04. The lowest BCUT2D eigenvalue weighted by atomic mass is 10.2. The van der Waals surface area contributed by atoms with E-state index in [0.29, 0.717) is 27.7 Å². The maximum atomic E-state index is 12.7. The van der Waals surface area contributed by atoms with Crippen molar-refractivity contribution in [2.45, 2.75) is 20.3 Å². The van der Waals surface area contributed by atoms with Gasteiger partial charge < -0.3 is 9.47 Å². The van der Waals surface area contributed by atoms with E-state index in [2.05, 4.69) is 17.0 Å². The van der Waals surface area contributed by atoms with E-state index >= 15 is 0 Å². The number of hydrogen-bond donors (Lipinski definition) is 0. The number of carbonyl (C=O) groups excluding carboxylic acids is 1. The van der Waals surface area contributed by atoms with Crippen LogP contribution in [0.2, 0.25) is 0 Å². The fraction of sp³-hybridized carbons (Fsp3) is 0.182. The Morgan fingerprint density at radius 3 is 2.43 bits per heavy atom. The molecule has 7 nitrogen and oxygen atoms in total. The first-order chi connectivity index (χ1) is 14.5. The highest BCUT2D eigenvalue weighted by Gasteiger charge is 2.12. The molecule has 0 aliphatic rings. The molecule has 2 aromatic carbocycles. The van der Waals surface area contributed by atoms with Crippen LogP contribution in [0.25, 0.3) is 22.4 Å². The second-order valence-electron chi connectivity index (χ2n) is 6.58. The number of benzene rings is 2. The molecule has 0 aliphatic heterocycles. The van der Waals surface area contributed by atoms with Gasteiger partial charge in [0.2, 0.25) is 4.96 Å². The highest BCUT2D eigenvalue weighted by atomic mass is 32.1. The molecule has 0 fully saturated rings. The predicted molar refractivity (Wildman–Crippen MR) is 115 cm³/mol. The van der Waals surface area contributed by atoms with Crippen molar-refractivity contribution in [2.75, 3.05) is 6.61 Å². The van der Waals surface area contributed by atoms with Crippen LogP contribution in [-0.4, -0.2) is 27.2 Å². The number of esters is 1. The fourth-order valence-electron chi connectivity index (χ4n) is 2.83. The van der Waals surface area contributed by atoms with Gasteiger partial charge in [0, 0.05) is 12.5 Å². The molecule has 0 amide bonds. The monoisotopic (exact) mass is 421 g/mol. The minimum absolute atomic E-state index is 0.222. The molecular weight excluding hydrogens is 402 g/mol. The average molecular weight is 421 g/mol. The third-order valence-electron chi connectivity index (χ3n) is 4.21. The molecule has 0 atom stereocenters. The molecule has 0 aliphatic carbocycles. The summed E-state index contributed by atoms with van der Waals surface area (Å²) in [6.07, 6.45) is 2.71. The van der Waals surface area contributed by atoms with Crippen molar-refractivity contribution >= 4 is 28.3 Å². The van der Waals surface area contributed by atoms with E-state index in [0.717, 1.165) is 23.3 Å². The van der Waals surface area contributed by atoms with Gasteiger partial charge in [-0.15, -0.1) is 5.10 Å². The van der Waals surface area contributed by atoms with E-state index in [1.807, 2.05) is 24.3 Å². The first kappa shape index (κ1) is 19.8. The van der Waals surface area contributed by atoms with Crippen LogP contribution in [0.4, 0.5) is 0 Å². The van der Waals surface area contributed by atoms with Gasteiger partial charge in [0.15, 0.2) is 5.82 Å². The molecule has 0 spiro atoms. The van der Waals surface area contributed by atoms with Crippen LogP contribution < -0.4 is 19.6 Å². The number of hydrogen-bond acceptors (Lipinski definition) is 7. The first-order valence-corrected chi connectivity index (χ1v) is 10.3.